The van der Waals surface area contributed by atoms with Crippen molar-refractivity contribution in [3.8, 4) is 0 Å². The second kappa shape index (κ2) is 4.49. The minimum Gasteiger partial charge on any atom is -0.171 e. The van der Waals surface area contributed by atoms with Crippen molar-refractivity contribution < 1.29 is 13.2 Å². The van der Waals surface area contributed by atoms with Crippen LogP contribution >= 0.6 is 0 Å². The summed E-state index contributed by atoms with van der Waals surface area (Å²) in [7, 11) is 0. The lowest BCUT2D eigenvalue weighted by molar-refractivity contribution is -0.133. The molecule has 0 aromatic heterocycles. The molecule has 78 valence electrons. The first kappa shape index (κ1) is 11.1. The lowest BCUT2D eigenvalue weighted by Gasteiger charge is -2.06. The summed E-state index contributed by atoms with van der Waals surface area (Å²) in [5.74, 6) is 0. The van der Waals surface area contributed by atoms with Crippen molar-refractivity contribution in [3.05, 3.63) is 35.4 Å². The summed E-state index contributed by atoms with van der Waals surface area (Å²) in [6, 6.07) is 7.30. The van der Waals surface area contributed by atoms with E-state index in [9.17, 15) is 13.2 Å². The molecule has 0 amide bonds. The summed E-state index contributed by atoms with van der Waals surface area (Å²) in [4.78, 5) is 0. The molecule has 1 rings (SSSR count). The lowest BCUT2D eigenvalue weighted by atomic mass is 10.1. The highest BCUT2D eigenvalue weighted by molar-refractivity contribution is 5.22. The van der Waals surface area contributed by atoms with Gasteiger partial charge in [-0.25, -0.2) is 0 Å². The fraction of sp³-hybridized carbons (Fsp3) is 0.455. The highest BCUT2D eigenvalue weighted by Crippen LogP contribution is 2.22. The van der Waals surface area contributed by atoms with Crippen LogP contribution in [-0.4, -0.2) is 6.18 Å². The topological polar surface area (TPSA) is 0 Å². The highest BCUT2D eigenvalue weighted by Gasteiger charge is 2.26. The zero-order valence-electron chi connectivity index (χ0n) is 8.06. The summed E-state index contributed by atoms with van der Waals surface area (Å²) in [6.45, 7) is 2.02. The van der Waals surface area contributed by atoms with E-state index in [1.807, 2.05) is 19.1 Å². The van der Waals surface area contributed by atoms with Crippen molar-refractivity contribution in [2.24, 2.45) is 0 Å². The Bertz CT molecular complexity index is 272. The third kappa shape index (κ3) is 3.81. The number of rotatable bonds is 3. The van der Waals surface area contributed by atoms with E-state index in [0.29, 0.717) is 0 Å². The maximum Gasteiger partial charge on any atom is 0.389 e. The zero-order chi connectivity index (χ0) is 10.6. The summed E-state index contributed by atoms with van der Waals surface area (Å²) in [6.07, 6.45) is -3.80. The van der Waals surface area contributed by atoms with Crippen LogP contribution in [0.2, 0.25) is 0 Å². The van der Waals surface area contributed by atoms with Gasteiger partial charge in [0.05, 0.1) is 0 Å². The average Bonchev–Trinajstić information content (AvgIpc) is 2.14. The normalized spacial score (nSPS) is 11.7. The van der Waals surface area contributed by atoms with Crippen molar-refractivity contribution in [1.82, 2.24) is 0 Å². The Morgan fingerprint density at radius 2 is 1.50 bits per heavy atom. The Morgan fingerprint density at radius 1 is 1.00 bits per heavy atom. The fourth-order valence-electron chi connectivity index (χ4n) is 1.23. The monoisotopic (exact) mass is 202 g/mol. The van der Waals surface area contributed by atoms with Crippen molar-refractivity contribution in [2.45, 2.75) is 32.4 Å². The van der Waals surface area contributed by atoms with Gasteiger partial charge in [0.15, 0.2) is 0 Å². The standard InChI is InChI=1S/C11H13F3/c1-2-9-3-5-10(6-4-9)7-8-11(12,13)14/h3-6H,2,7-8H2,1H3. The number of hydrogen-bond donors (Lipinski definition) is 0. The predicted molar refractivity (Wildman–Crippen MR) is 50.2 cm³/mol. The van der Waals surface area contributed by atoms with E-state index in [-0.39, 0.29) is 6.42 Å². The van der Waals surface area contributed by atoms with E-state index in [1.165, 1.54) is 0 Å². The van der Waals surface area contributed by atoms with Crippen LogP contribution in [0.15, 0.2) is 24.3 Å². The van der Waals surface area contributed by atoms with E-state index in [0.717, 1.165) is 17.5 Å². The second-order valence-corrected chi connectivity index (χ2v) is 3.29. The van der Waals surface area contributed by atoms with Gasteiger partial charge < -0.3 is 0 Å². The SMILES string of the molecule is CCc1ccc(CCC(F)(F)F)cc1. The van der Waals surface area contributed by atoms with Crippen LogP contribution < -0.4 is 0 Å². The van der Waals surface area contributed by atoms with E-state index < -0.39 is 12.6 Å². The van der Waals surface area contributed by atoms with E-state index >= 15 is 0 Å². The molecule has 0 aliphatic carbocycles. The smallest absolute Gasteiger partial charge is 0.171 e. The number of hydrogen-bond acceptors (Lipinski definition) is 0. The molecule has 0 heterocycles. The zero-order valence-corrected chi connectivity index (χ0v) is 8.06. The Morgan fingerprint density at radius 3 is 1.93 bits per heavy atom. The van der Waals surface area contributed by atoms with Crippen LogP contribution in [0.25, 0.3) is 0 Å². The lowest BCUT2D eigenvalue weighted by Crippen LogP contribution is -2.08. The number of halogens is 3. The van der Waals surface area contributed by atoms with Gasteiger partial charge in [-0.05, 0) is 24.0 Å². The second-order valence-electron chi connectivity index (χ2n) is 3.29. The molecule has 1 aromatic carbocycles. The third-order valence-corrected chi connectivity index (χ3v) is 2.13. The number of alkyl halides is 3. The minimum absolute atomic E-state index is 0.0769. The van der Waals surface area contributed by atoms with Crippen LogP contribution in [0.3, 0.4) is 0 Å². The quantitative estimate of drug-likeness (QED) is 0.700. The Hall–Kier alpha value is -0.990. The highest BCUT2D eigenvalue weighted by atomic mass is 19.4. The molecule has 0 fully saturated rings. The van der Waals surface area contributed by atoms with Crippen LogP contribution in [0, 0.1) is 0 Å². The van der Waals surface area contributed by atoms with Gasteiger partial charge in [0, 0.05) is 6.42 Å². The van der Waals surface area contributed by atoms with Gasteiger partial charge in [0.2, 0.25) is 0 Å². The number of benzene rings is 1. The van der Waals surface area contributed by atoms with Crippen LogP contribution in [-0.2, 0) is 12.8 Å². The molecule has 0 aliphatic heterocycles. The van der Waals surface area contributed by atoms with Crippen LogP contribution in [0.5, 0.6) is 0 Å². The van der Waals surface area contributed by atoms with Gasteiger partial charge in [-0.3, -0.25) is 0 Å². The van der Waals surface area contributed by atoms with Gasteiger partial charge in [-0.1, -0.05) is 31.2 Å². The van der Waals surface area contributed by atoms with Gasteiger partial charge >= 0.3 is 6.18 Å². The molecule has 0 N–H and O–H groups in total. The largest absolute Gasteiger partial charge is 0.389 e. The Kier molecular flexibility index (Phi) is 3.55. The van der Waals surface area contributed by atoms with Crippen LogP contribution in [0.1, 0.15) is 24.5 Å². The van der Waals surface area contributed by atoms with Crippen LogP contribution in [0.4, 0.5) is 13.2 Å². The molecular weight excluding hydrogens is 189 g/mol. The molecule has 0 spiro atoms. The molecule has 14 heavy (non-hydrogen) atoms. The molecule has 0 nitrogen and oxygen atoms in total. The van der Waals surface area contributed by atoms with Crippen molar-refractivity contribution in [1.29, 1.82) is 0 Å². The third-order valence-electron chi connectivity index (χ3n) is 2.13. The molecular formula is C11H13F3. The molecule has 0 saturated carbocycles. The summed E-state index contributed by atoms with van der Waals surface area (Å²) >= 11 is 0. The molecule has 3 heteroatoms. The molecule has 0 unspecified atom stereocenters. The van der Waals surface area contributed by atoms with E-state index in [2.05, 4.69) is 0 Å². The summed E-state index contributed by atoms with van der Waals surface area (Å²) in [5, 5.41) is 0. The van der Waals surface area contributed by atoms with Crippen molar-refractivity contribution in [2.75, 3.05) is 0 Å². The van der Waals surface area contributed by atoms with Gasteiger partial charge in [0.1, 0.15) is 0 Å². The predicted octanol–water partition coefficient (Wildman–Crippen LogP) is 3.74. The fourth-order valence-corrected chi connectivity index (χ4v) is 1.23. The molecule has 0 saturated heterocycles. The van der Waals surface area contributed by atoms with Gasteiger partial charge in [0.25, 0.3) is 0 Å². The molecule has 0 radical (unpaired) electrons. The minimum atomic E-state index is -4.05. The van der Waals surface area contributed by atoms with Gasteiger partial charge in [-0.2, -0.15) is 13.2 Å². The number of aryl methyl sites for hydroxylation is 2. The maximum absolute atomic E-state index is 11.9. The molecule has 1 aromatic rings. The molecule has 0 bridgehead atoms. The summed E-state index contributed by atoms with van der Waals surface area (Å²) in [5.41, 5.74) is 1.90. The first-order valence-electron chi connectivity index (χ1n) is 4.66. The molecule has 0 atom stereocenters. The van der Waals surface area contributed by atoms with Crippen molar-refractivity contribution in [3.63, 3.8) is 0 Å². The van der Waals surface area contributed by atoms with E-state index in [1.54, 1.807) is 12.1 Å². The Labute approximate surface area is 81.8 Å². The first-order valence-corrected chi connectivity index (χ1v) is 4.66. The average molecular weight is 202 g/mol. The maximum atomic E-state index is 11.9. The Balaban J connectivity index is 2.52. The summed E-state index contributed by atoms with van der Waals surface area (Å²) < 4.78 is 35.7. The van der Waals surface area contributed by atoms with E-state index in [4.69, 9.17) is 0 Å². The molecule has 0 aliphatic rings. The van der Waals surface area contributed by atoms with Gasteiger partial charge in [-0.15, -0.1) is 0 Å². The first-order chi connectivity index (χ1) is 6.51. The van der Waals surface area contributed by atoms with Crippen molar-refractivity contribution >= 4 is 0 Å².